The first-order valence-electron chi connectivity index (χ1n) is 4.57. The van der Waals surface area contributed by atoms with Gasteiger partial charge in [0.15, 0.2) is 0 Å². The summed E-state index contributed by atoms with van der Waals surface area (Å²) in [6.45, 7) is 0.234. The predicted octanol–water partition coefficient (Wildman–Crippen LogP) is 2.88. The Balaban J connectivity index is 2.43. The monoisotopic (exact) mass is 270 g/mol. The largest absolute Gasteiger partial charge is 0.457 e. The second kappa shape index (κ2) is 4.35. The van der Waals surface area contributed by atoms with E-state index in [-0.39, 0.29) is 6.61 Å². The Kier molecular flexibility index (Phi) is 3.09. The molecule has 0 saturated heterocycles. The molecule has 0 aliphatic rings. The maximum atomic E-state index is 9.68. The maximum Gasteiger partial charge on any atom is 0.148 e. The van der Waals surface area contributed by atoms with Crippen LogP contribution in [0.1, 0.15) is 11.9 Å². The van der Waals surface area contributed by atoms with Crippen molar-refractivity contribution in [3.05, 3.63) is 34.5 Å². The molecule has 2 aromatic rings. The van der Waals surface area contributed by atoms with Crippen LogP contribution in [-0.4, -0.2) is 18.8 Å². The van der Waals surface area contributed by atoms with Crippen molar-refractivity contribution in [2.45, 2.75) is 6.10 Å². The van der Waals surface area contributed by atoms with Gasteiger partial charge in [-0.25, -0.2) is 0 Å². The minimum Gasteiger partial charge on any atom is -0.457 e. The lowest BCUT2D eigenvalue weighted by molar-refractivity contribution is 0.0513. The number of aliphatic hydroxyl groups excluding tert-OH is 1. The number of ether oxygens (including phenoxy) is 1. The van der Waals surface area contributed by atoms with Crippen LogP contribution >= 0.6 is 15.9 Å². The van der Waals surface area contributed by atoms with E-state index in [1.165, 1.54) is 0 Å². The number of benzene rings is 1. The number of hydrogen-bond acceptors (Lipinski definition) is 3. The van der Waals surface area contributed by atoms with E-state index in [2.05, 4.69) is 15.9 Å². The number of rotatable bonds is 3. The highest BCUT2D eigenvalue weighted by atomic mass is 79.9. The summed E-state index contributed by atoms with van der Waals surface area (Å²) in [5.74, 6) is 0.527. The van der Waals surface area contributed by atoms with E-state index in [1.807, 2.05) is 24.3 Å². The molecular weight excluding hydrogens is 260 g/mol. The number of hydrogen-bond donors (Lipinski definition) is 1. The first kappa shape index (κ1) is 10.7. The fraction of sp³-hybridized carbons (Fsp3) is 0.273. The Bertz CT molecular complexity index is 464. The average molecular weight is 271 g/mol. The quantitative estimate of drug-likeness (QED) is 0.933. The molecular formula is C11H11BrO3. The zero-order valence-corrected chi connectivity index (χ0v) is 9.82. The number of para-hydroxylation sites is 1. The Morgan fingerprint density at radius 1 is 1.53 bits per heavy atom. The zero-order chi connectivity index (χ0) is 10.8. The summed E-state index contributed by atoms with van der Waals surface area (Å²) in [5, 5.41) is 10.6. The van der Waals surface area contributed by atoms with Crippen LogP contribution in [0.15, 0.2) is 33.2 Å². The van der Waals surface area contributed by atoms with Gasteiger partial charge >= 0.3 is 0 Å². The minimum absolute atomic E-state index is 0.234. The summed E-state index contributed by atoms with van der Waals surface area (Å²) in [4.78, 5) is 0. The molecule has 1 aromatic heterocycles. The molecule has 1 N–H and O–H groups in total. The van der Waals surface area contributed by atoms with Crippen molar-refractivity contribution in [2.75, 3.05) is 13.7 Å². The van der Waals surface area contributed by atoms with Gasteiger partial charge in [0.05, 0.1) is 11.1 Å². The van der Waals surface area contributed by atoms with Crippen LogP contribution in [0, 0.1) is 0 Å². The third-order valence-electron chi connectivity index (χ3n) is 2.17. The molecule has 1 atom stereocenters. The van der Waals surface area contributed by atoms with Crippen LogP contribution in [0.4, 0.5) is 0 Å². The van der Waals surface area contributed by atoms with E-state index in [4.69, 9.17) is 9.15 Å². The molecule has 4 heteroatoms. The van der Waals surface area contributed by atoms with Crippen LogP contribution in [0.25, 0.3) is 11.0 Å². The van der Waals surface area contributed by atoms with Gasteiger partial charge in [-0.05, 0) is 28.1 Å². The summed E-state index contributed by atoms with van der Waals surface area (Å²) < 4.78 is 11.3. The molecule has 15 heavy (non-hydrogen) atoms. The van der Waals surface area contributed by atoms with Gasteiger partial charge in [-0.15, -0.1) is 0 Å². The van der Waals surface area contributed by atoms with Crippen LogP contribution in [-0.2, 0) is 4.74 Å². The number of halogens is 1. The van der Waals surface area contributed by atoms with Crippen molar-refractivity contribution in [3.63, 3.8) is 0 Å². The molecule has 0 bridgehead atoms. The normalized spacial score (nSPS) is 13.3. The summed E-state index contributed by atoms with van der Waals surface area (Å²) in [7, 11) is 1.54. The Labute approximate surface area is 95.8 Å². The number of aliphatic hydroxyl groups is 1. The van der Waals surface area contributed by atoms with Gasteiger partial charge in [-0.2, -0.15) is 0 Å². The molecule has 0 saturated carbocycles. The first-order valence-corrected chi connectivity index (χ1v) is 5.36. The average Bonchev–Trinajstić information content (AvgIpc) is 2.63. The molecule has 0 spiro atoms. The minimum atomic E-state index is -0.714. The fourth-order valence-corrected chi connectivity index (χ4v) is 1.91. The van der Waals surface area contributed by atoms with Crippen molar-refractivity contribution in [1.82, 2.24) is 0 Å². The molecule has 1 aromatic carbocycles. The highest BCUT2D eigenvalue weighted by molar-refractivity contribution is 9.10. The second-order valence-corrected chi connectivity index (χ2v) is 4.13. The van der Waals surface area contributed by atoms with E-state index < -0.39 is 6.10 Å². The molecule has 0 amide bonds. The number of furan rings is 1. The molecule has 2 rings (SSSR count). The highest BCUT2D eigenvalue weighted by Crippen LogP contribution is 2.29. The lowest BCUT2D eigenvalue weighted by Crippen LogP contribution is -2.03. The van der Waals surface area contributed by atoms with Crippen molar-refractivity contribution < 1.29 is 14.3 Å². The molecule has 0 radical (unpaired) electrons. The van der Waals surface area contributed by atoms with Gasteiger partial charge in [0.2, 0.25) is 0 Å². The predicted molar refractivity (Wildman–Crippen MR) is 60.7 cm³/mol. The first-order chi connectivity index (χ1) is 7.22. The van der Waals surface area contributed by atoms with Crippen LogP contribution in [0.5, 0.6) is 0 Å². The molecule has 1 heterocycles. The summed E-state index contributed by atoms with van der Waals surface area (Å²) >= 11 is 3.39. The topological polar surface area (TPSA) is 42.6 Å². The second-order valence-electron chi connectivity index (χ2n) is 3.28. The lowest BCUT2D eigenvalue weighted by atomic mass is 10.2. The van der Waals surface area contributed by atoms with Crippen molar-refractivity contribution in [3.8, 4) is 0 Å². The van der Waals surface area contributed by atoms with Crippen LogP contribution in [0.3, 0.4) is 0 Å². The maximum absolute atomic E-state index is 9.68. The van der Waals surface area contributed by atoms with E-state index in [1.54, 1.807) is 7.11 Å². The number of methoxy groups -OCH3 is 1. The van der Waals surface area contributed by atoms with Gasteiger partial charge in [-0.3, -0.25) is 0 Å². The van der Waals surface area contributed by atoms with Crippen molar-refractivity contribution in [1.29, 1.82) is 0 Å². The van der Waals surface area contributed by atoms with Gasteiger partial charge in [0, 0.05) is 12.5 Å². The van der Waals surface area contributed by atoms with Crippen LogP contribution < -0.4 is 0 Å². The zero-order valence-electron chi connectivity index (χ0n) is 8.24. The van der Waals surface area contributed by atoms with E-state index in [9.17, 15) is 5.11 Å². The van der Waals surface area contributed by atoms with E-state index in [0.29, 0.717) is 5.76 Å². The molecule has 3 nitrogen and oxygen atoms in total. The third-order valence-corrected chi connectivity index (χ3v) is 2.79. The summed E-state index contributed by atoms with van der Waals surface area (Å²) in [5.41, 5.74) is 0.752. The standard InChI is InChI=1S/C11H11BrO3/c1-14-6-9(13)10-5-7-3-2-4-8(12)11(7)15-10/h2-5,9,13H,6H2,1H3. The molecule has 0 fully saturated rings. The molecule has 0 aliphatic heterocycles. The van der Waals surface area contributed by atoms with Gasteiger partial charge < -0.3 is 14.3 Å². The molecule has 0 aliphatic carbocycles. The van der Waals surface area contributed by atoms with E-state index >= 15 is 0 Å². The molecule has 80 valence electrons. The Morgan fingerprint density at radius 2 is 2.33 bits per heavy atom. The lowest BCUT2D eigenvalue weighted by Gasteiger charge is -2.04. The van der Waals surface area contributed by atoms with Crippen LogP contribution in [0.2, 0.25) is 0 Å². The SMILES string of the molecule is COCC(O)c1cc2cccc(Br)c2o1. The van der Waals surface area contributed by atoms with Gasteiger partial charge in [-0.1, -0.05) is 12.1 Å². The van der Waals surface area contributed by atoms with E-state index in [0.717, 1.165) is 15.4 Å². The molecule has 1 unspecified atom stereocenters. The smallest absolute Gasteiger partial charge is 0.148 e. The highest BCUT2D eigenvalue weighted by Gasteiger charge is 2.13. The Morgan fingerprint density at radius 3 is 3.00 bits per heavy atom. The third kappa shape index (κ3) is 2.07. The van der Waals surface area contributed by atoms with Crippen molar-refractivity contribution in [2.24, 2.45) is 0 Å². The summed E-state index contributed by atoms with van der Waals surface area (Å²) in [6, 6.07) is 7.59. The number of fused-ring (bicyclic) bond motifs is 1. The van der Waals surface area contributed by atoms with Gasteiger partial charge in [0.25, 0.3) is 0 Å². The van der Waals surface area contributed by atoms with Gasteiger partial charge in [0.1, 0.15) is 17.4 Å². The fourth-order valence-electron chi connectivity index (χ4n) is 1.45. The summed E-state index contributed by atoms with van der Waals surface area (Å²) in [6.07, 6.45) is -0.714. The van der Waals surface area contributed by atoms with Crippen molar-refractivity contribution >= 4 is 26.9 Å². The Hall–Kier alpha value is -0.840.